The summed E-state index contributed by atoms with van der Waals surface area (Å²) in [5.41, 5.74) is -2.03. The van der Waals surface area contributed by atoms with E-state index in [2.05, 4.69) is 17.7 Å². The Morgan fingerprint density at radius 3 is 2.39 bits per heavy atom. The van der Waals surface area contributed by atoms with Crippen molar-refractivity contribution in [3.05, 3.63) is 51.2 Å². The smallest absolute Gasteiger partial charge is 0.416 e. The van der Waals surface area contributed by atoms with E-state index >= 15 is 0 Å². The van der Waals surface area contributed by atoms with Crippen LogP contribution in [0.5, 0.6) is 0 Å². The number of nitrogens with zero attached hydrogens (tertiary/aromatic N) is 3. The van der Waals surface area contributed by atoms with E-state index < -0.39 is 28.6 Å². The van der Waals surface area contributed by atoms with Gasteiger partial charge < -0.3 is 5.11 Å². The molecule has 0 saturated heterocycles. The van der Waals surface area contributed by atoms with Crippen molar-refractivity contribution >= 4 is 18.6 Å². The highest BCUT2D eigenvalue weighted by molar-refractivity contribution is 7.80. The lowest BCUT2D eigenvalue weighted by Crippen LogP contribution is -2.21. The van der Waals surface area contributed by atoms with E-state index in [0.29, 0.717) is 12.1 Å². The van der Waals surface area contributed by atoms with E-state index in [1.807, 2.05) is 0 Å². The van der Waals surface area contributed by atoms with Gasteiger partial charge in [0.25, 0.3) is 0 Å². The molecule has 1 aromatic heterocycles. The van der Waals surface area contributed by atoms with Crippen LogP contribution in [0, 0.1) is 0 Å². The third kappa shape index (κ3) is 3.11. The van der Waals surface area contributed by atoms with Crippen molar-refractivity contribution in [3.8, 4) is 0 Å². The Balaban J connectivity index is 2.66. The molecule has 23 heavy (non-hydrogen) atoms. The highest BCUT2D eigenvalue weighted by Gasteiger charge is 2.33. The van der Waals surface area contributed by atoms with Crippen LogP contribution >= 0.6 is 12.6 Å². The van der Waals surface area contributed by atoms with Crippen LogP contribution in [0.15, 0.2) is 23.0 Å². The summed E-state index contributed by atoms with van der Waals surface area (Å²) in [5, 5.41) is 12.0. The quantitative estimate of drug-likeness (QED) is 0.831. The molecule has 0 saturated carbocycles. The Morgan fingerprint density at radius 1 is 1.35 bits per heavy atom. The van der Waals surface area contributed by atoms with Crippen LogP contribution in [0.3, 0.4) is 0 Å². The molecule has 1 heterocycles. The number of hydrogen-bond donors (Lipinski definition) is 2. The highest BCUT2D eigenvalue weighted by Crippen LogP contribution is 2.35. The number of hydrogen-bond acceptors (Lipinski definition) is 4. The number of carboxylic acids is 1. The molecule has 0 amide bonds. The molecule has 10 heteroatoms. The van der Waals surface area contributed by atoms with Crippen LogP contribution in [0.25, 0.3) is 0 Å². The summed E-state index contributed by atoms with van der Waals surface area (Å²) in [5.74, 6) is -1.35. The Morgan fingerprint density at radius 2 is 1.96 bits per heavy atom. The predicted octanol–water partition coefficient (Wildman–Crippen LogP) is 1.85. The van der Waals surface area contributed by atoms with Gasteiger partial charge >= 0.3 is 17.8 Å². The number of alkyl halides is 3. The average Bonchev–Trinajstić information content (AvgIpc) is 2.72. The zero-order valence-electron chi connectivity index (χ0n) is 12.0. The van der Waals surface area contributed by atoms with Crippen LogP contribution in [-0.2, 0) is 20.3 Å². The molecule has 1 aromatic carbocycles. The van der Waals surface area contributed by atoms with Crippen molar-refractivity contribution in [1.29, 1.82) is 0 Å². The fourth-order valence-electron chi connectivity index (χ4n) is 2.12. The molecule has 6 nitrogen and oxygen atoms in total. The van der Waals surface area contributed by atoms with Crippen LogP contribution in [0.2, 0.25) is 0 Å². The molecule has 0 aliphatic rings. The van der Waals surface area contributed by atoms with Gasteiger partial charge in [-0.05, 0) is 23.8 Å². The lowest BCUT2D eigenvalue weighted by atomic mass is 10.00. The van der Waals surface area contributed by atoms with Crippen molar-refractivity contribution in [2.75, 3.05) is 0 Å². The van der Waals surface area contributed by atoms with Gasteiger partial charge in [0, 0.05) is 14.1 Å². The summed E-state index contributed by atoms with van der Waals surface area (Å²) in [4.78, 5) is 23.0. The zero-order valence-corrected chi connectivity index (χ0v) is 12.9. The molecule has 0 bridgehead atoms. The first-order valence-electron chi connectivity index (χ1n) is 6.26. The Kier molecular flexibility index (Phi) is 4.29. The van der Waals surface area contributed by atoms with E-state index in [-0.39, 0.29) is 17.0 Å². The standard InChI is InChI=1S/C13H12F3N3O3S/c1-18-10(17-19(2)12(18)22)9(23)8-5-6(13(14,15)16)3-4-7(8)11(20)21/h3-5,9,23H,1-2H3,(H,20,21). The molecule has 0 fully saturated rings. The number of benzene rings is 1. The second-order valence-electron chi connectivity index (χ2n) is 4.83. The van der Waals surface area contributed by atoms with Crippen LogP contribution in [0.4, 0.5) is 13.2 Å². The van der Waals surface area contributed by atoms with Gasteiger partial charge in [0.1, 0.15) is 0 Å². The molecule has 0 spiro atoms. The van der Waals surface area contributed by atoms with Crippen LogP contribution < -0.4 is 5.69 Å². The fraction of sp³-hybridized carbons (Fsp3) is 0.308. The maximum absolute atomic E-state index is 12.9. The molecule has 0 radical (unpaired) electrons. The Labute approximate surface area is 133 Å². The third-order valence-corrected chi connectivity index (χ3v) is 3.82. The molecule has 2 aromatic rings. The summed E-state index contributed by atoms with van der Waals surface area (Å²) in [6, 6.07) is 2.26. The maximum Gasteiger partial charge on any atom is 0.416 e. The second kappa shape index (κ2) is 5.76. The molecule has 0 aliphatic heterocycles. The van der Waals surface area contributed by atoms with Gasteiger partial charge in [-0.25, -0.2) is 14.3 Å². The average molecular weight is 347 g/mol. The van der Waals surface area contributed by atoms with Crippen molar-refractivity contribution in [2.24, 2.45) is 14.1 Å². The zero-order chi connectivity index (χ0) is 17.5. The Hall–Kier alpha value is -2.23. The first-order chi connectivity index (χ1) is 10.5. The van der Waals surface area contributed by atoms with Crippen molar-refractivity contribution in [2.45, 2.75) is 11.4 Å². The molecule has 124 valence electrons. The number of aromatic carboxylic acids is 1. The molecule has 1 atom stereocenters. The predicted molar refractivity (Wildman–Crippen MR) is 77.7 cm³/mol. The number of carboxylic acid groups (broad SMARTS) is 1. The van der Waals surface area contributed by atoms with Gasteiger partial charge in [0.15, 0.2) is 5.82 Å². The first kappa shape index (κ1) is 17.1. The summed E-state index contributed by atoms with van der Waals surface area (Å²) in [6.07, 6.45) is -4.63. The fourth-order valence-corrected chi connectivity index (χ4v) is 2.55. The lowest BCUT2D eigenvalue weighted by molar-refractivity contribution is -0.137. The summed E-state index contributed by atoms with van der Waals surface area (Å²) < 4.78 is 40.7. The van der Waals surface area contributed by atoms with Crippen LogP contribution in [0.1, 0.15) is 32.6 Å². The van der Waals surface area contributed by atoms with Crippen molar-refractivity contribution < 1.29 is 23.1 Å². The molecule has 2 rings (SSSR count). The molecule has 1 unspecified atom stereocenters. The van der Waals surface area contributed by atoms with Crippen LogP contribution in [-0.4, -0.2) is 25.4 Å². The van der Waals surface area contributed by atoms with Gasteiger partial charge in [0.05, 0.1) is 16.4 Å². The Bertz CT molecular complexity index is 826. The monoisotopic (exact) mass is 347 g/mol. The van der Waals surface area contributed by atoms with Gasteiger partial charge in [0.2, 0.25) is 0 Å². The minimum Gasteiger partial charge on any atom is -0.478 e. The van der Waals surface area contributed by atoms with Gasteiger partial charge in [-0.15, -0.1) is 0 Å². The van der Waals surface area contributed by atoms with E-state index in [0.717, 1.165) is 15.3 Å². The summed E-state index contributed by atoms with van der Waals surface area (Å²) in [7, 11) is 2.75. The minimum atomic E-state index is -4.63. The lowest BCUT2D eigenvalue weighted by Gasteiger charge is -2.15. The summed E-state index contributed by atoms with van der Waals surface area (Å²) in [6.45, 7) is 0. The molecule has 0 aliphatic carbocycles. The number of carbonyl (C=O) groups is 1. The second-order valence-corrected chi connectivity index (χ2v) is 5.35. The van der Waals surface area contributed by atoms with E-state index in [4.69, 9.17) is 0 Å². The number of aryl methyl sites for hydroxylation is 1. The SMILES string of the molecule is Cn1nc(C(S)c2cc(C(F)(F)F)ccc2C(=O)O)n(C)c1=O. The van der Waals surface area contributed by atoms with E-state index in [1.54, 1.807) is 0 Å². The first-order valence-corrected chi connectivity index (χ1v) is 6.78. The number of rotatable bonds is 3. The van der Waals surface area contributed by atoms with Crippen molar-refractivity contribution in [1.82, 2.24) is 14.3 Å². The summed E-state index contributed by atoms with van der Waals surface area (Å²) >= 11 is 4.18. The van der Waals surface area contributed by atoms with Gasteiger partial charge in [-0.1, -0.05) is 0 Å². The van der Waals surface area contributed by atoms with E-state index in [1.165, 1.54) is 14.1 Å². The minimum absolute atomic E-state index is 0.0441. The van der Waals surface area contributed by atoms with E-state index in [9.17, 15) is 27.9 Å². The largest absolute Gasteiger partial charge is 0.478 e. The van der Waals surface area contributed by atoms with Gasteiger partial charge in [-0.3, -0.25) is 4.57 Å². The normalized spacial score (nSPS) is 13.1. The van der Waals surface area contributed by atoms with Gasteiger partial charge in [-0.2, -0.15) is 30.9 Å². The molecular formula is C13H12F3N3O3S. The number of aromatic nitrogens is 3. The molecule has 1 N–H and O–H groups in total. The van der Waals surface area contributed by atoms with Crippen molar-refractivity contribution in [3.63, 3.8) is 0 Å². The third-order valence-electron chi connectivity index (χ3n) is 3.31. The number of thiol groups is 1. The topological polar surface area (TPSA) is 77.1 Å². The number of halogens is 3. The maximum atomic E-state index is 12.9. The molecular weight excluding hydrogens is 335 g/mol. The highest BCUT2D eigenvalue weighted by atomic mass is 32.1.